The van der Waals surface area contributed by atoms with E-state index in [1.54, 1.807) is 0 Å². The molecule has 0 aliphatic rings. The number of benzene rings is 3. The van der Waals surface area contributed by atoms with Crippen molar-refractivity contribution < 1.29 is 9.53 Å². The van der Waals surface area contributed by atoms with Crippen LogP contribution in [-0.2, 0) is 24.2 Å². The van der Waals surface area contributed by atoms with Crippen molar-refractivity contribution in [2.75, 3.05) is 13.2 Å². The second kappa shape index (κ2) is 10.1. The van der Waals surface area contributed by atoms with Gasteiger partial charge in [-0.15, -0.1) is 0 Å². The van der Waals surface area contributed by atoms with E-state index in [2.05, 4.69) is 41.9 Å². The number of fused-ring (bicyclic) bond motifs is 1. The van der Waals surface area contributed by atoms with E-state index >= 15 is 0 Å². The Morgan fingerprint density at radius 2 is 1.66 bits per heavy atom. The molecule has 0 radical (unpaired) electrons. The number of ether oxygens (including phenoxy) is 1. The highest BCUT2D eigenvalue weighted by atomic mass is 16.5. The maximum absolute atomic E-state index is 12.3. The number of rotatable bonds is 9. The summed E-state index contributed by atoms with van der Waals surface area (Å²) >= 11 is 0. The van der Waals surface area contributed by atoms with Gasteiger partial charge >= 0.3 is 0 Å². The summed E-state index contributed by atoms with van der Waals surface area (Å²) in [6, 6.07) is 24.1. The average Bonchev–Trinajstić information content (AvgIpc) is 3.14. The molecule has 1 aromatic heterocycles. The fraction of sp³-hybridized carbons (Fsp3) is 0.259. The zero-order chi connectivity index (χ0) is 22.3. The molecule has 0 atom stereocenters. The molecule has 0 bridgehead atoms. The number of nitrogens with zero attached hydrogens (tertiary/aromatic N) is 2. The van der Waals surface area contributed by atoms with Crippen molar-refractivity contribution in [2.45, 2.75) is 33.2 Å². The van der Waals surface area contributed by atoms with Crippen molar-refractivity contribution in [3.05, 3.63) is 95.3 Å². The van der Waals surface area contributed by atoms with Crippen LogP contribution in [0.1, 0.15) is 22.5 Å². The van der Waals surface area contributed by atoms with Crippen LogP contribution in [0.2, 0.25) is 0 Å². The topological polar surface area (TPSA) is 56.1 Å². The second-order valence-electron chi connectivity index (χ2n) is 8.00. The number of nitrogens with one attached hydrogen (secondary N) is 1. The van der Waals surface area contributed by atoms with Crippen molar-refractivity contribution in [2.24, 2.45) is 0 Å². The minimum Gasteiger partial charge on any atom is -0.491 e. The van der Waals surface area contributed by atoms with Crippen molar-refractivity contribution in [3.63, 3.8) is 0 Å². The van der Waals surface area contributed by atoms with Gasteiger partial charge in [0.25, 0.3) is 0 Å². The standard InChI is InChI=1S/C27H29N3O2/c1-20-9-8-10-21(2)27(20)32-18-17-30-24-14-7-6-13-23(24)29-25(30)15-16-28-26(31)19-22-11-4-3-5-12-22/h3-14H,15-19H2,1-2H3,(H,28,31). The normalized spacial score (nSPS) is 10.9. The number of aryl methyl sites for hydroxylation is 2. The molecule has 3 aromatic carbocycles. The Hall–Kier alpha value is -3.60. The third-order valence-corrected chi connectivity index (χ3v) is 5.58. The predicted molar refractivity (Wildman–Crippen MR) is 128 cm³/mol. The summed E-state index contributed by atoms with van der Waals surface area (Å²) in [6.45, 7) is 5.94. The SMILES string of the molecule is Cc1cccc(C)c1OCCn1c(CCNC(=O)Cc2ccccc2)nc2ccccc21. The van der Waals surface area contributed by atoms with E-state index in [4.69, 9.17) is 9.72 Å². The minimum absolute atomic E-state index is 0.0252. The summed E-state index contributed by atoms with van der Waals surface area (Å²) in [6.07, 6.45) is 1.06. The Morgan fingerprint density at radius 1 is 0.938 bits per heavy atom. The number of hydrogen-bond donors (Lipinski definition) is 1. The van der Waals surface area contributed by atoms with Gasteiger partial charge in [0, 0.05) is 13.0 Å². The third-order valence-electron chi connectivity index (χ3n) is 5.58. The Balaban J connectivity index is 1.40. The Kier molecular flexibility index (Phi) is 6.85. The third kappa shape index (κ3) is 5.17. The van der Waals surface area contributed by atoms with Crippen LogP contribution < -0.4 is 10.1 Å². The summed E-state index contributed by atoms with van der Waals surface area (Å²) in [5.41, 5.74) is 5.35. The van der Waals surface area contributed by atoms with E-state index in [0.717, 1.165) is 39.3 Å². The van der Waals surface area contributed by atoms with E-state index in [1.807, 2.05) is 54.6 Å². The molecule has 0 saturated carbocycles. The summed E-state index contributed by atoms with van der Waals surface area (Å²) < 4.78 is 8.34. The van der Waals surface area contributed by atoms with Gasteiger partial charge in [-0.1, -0.05) is 60.7 Å². The molecule has 1 N–H and O–H groups in total. The highest BCUT2D eigenvalue weighted by Crippen LogP contribution is 2.23. The number of para-hydroxylation sites is 3. The molecule has 0 spiro atoms. The average molecular weight is 428 g/mol. The number of imidazole rings is 1. The smallest absolute Gasteiger partial charge is 0.224 e. The van der Waals surface area contributed by atoms with Crippen LogP contribution in [0.15, 0.2) is 72.8 Å². The number of carbonyl (C=O) groups excluding carboxylic acids is 1. The molecule has 1 heterocycles. The van der Waals surface area contributed by atoms with Crippen LogP contribution in [0.25, 0.3) is 11.0 Å². The lowest BCUT2D eigenvalue weighted by atomic mass is 10.1. The number of aromatic nitrogens is 2. The summed E-state index contributed by atoms with van der Waals surface area (Å²) in [5, 5.41) is 3.02. The molecule has 0 unspecified atom stereocenters. The van der Waals surface area contributed by atoms with Gasteiger partial charge in [0.2, 0.25) is 5.91 Å². The molecule has 32 heavy (non-hydrogen) atoms. The summed E-state index contributed by atoms with van der Waals surface area (Å²) in [4.78, 5) is 17.1. The largest absolute Gasteiger partial charge is 0.491 e. The van der Waals surface area contributed by atoms with Crippen LogP contribution in [0.3, 0.4) is 0 Å². The summed E-state index contributed by atoms with van der Waals surface area (Å²) in [7, 11) is 0. The van der Waals surface area contributed by atoms with E-state index in [9.17, 15) is 4.79 Å². The molecule has 0 saturated heterocycles. The molecule has 164 valence electrons. The molecule has 0 aliphatic heterocycles. The van der Waals surface area contributed by atoms with E-state index in [1.165, 1.54) is 0 Å². The maximum Gasteiger partial charge on any atom is 0.224 e. The highest BCUT2D eigenvalue weighted by molar-refractivity contribution is 5.78. The fourth-order valence-electron chi connectivity index (χ4n) is 3.99. The zero-order valence-corrected chi connectivity index (χ0v) is 18.7. The van der Waals surface area contributed by atoms with Crippen molar-refractivity contribution in [1.29, 1.82) is 0 Å². The van der Waals surface area contributed by atoms with E-state index in [0.29, 0.717) is 32.5 Å². The first-order valence-electron chi connectivity index (χ1n) is 11.1. The lowest BCUT2D eigenvalue weighted by Crippen LogP contribution is -2.28. The maximum atomic E-state index is 12.3. The molecule has 0 aliphatic carbocycles. The number of carbonyl (C=O) groups is 1. The molecular formula is C27H29N3O2. The molecule has 0 fully saturated rings. The quantitative estimate of drug-likeness (QED) is 0.424. The molecule has 5 nitrogen and oxygen atoms in total. The van der Waals surface area contributed by atoms with Crippen molar-refractivity contribution >= 4 is 16.9 Å². The van der Waals surface area contributed by atoms with Gasteiger partial charge in [0.1, 0.15) is 18.2 Å². The van der Waals surface area contributed by atoms with Gasteiger partial charge in [-0.25, -0.2) is 4.98 Å². The van der Waals surface area contributed by atoms with Crippen LogP contribution in [0, 0.1) is 13.8 Å². The minimum atomic E-state index is 0.0252. The van der Waals surface area contributed by atoms with Crippen molar-refractivity contribution in [1.82, 2.24) is 14.9 Å². The van der Waals surface area contributed by atoms with Gasteiger partial charge in [-0.2, -0.15) is 0 Å². The lowest BCUT2D eigenvalue weighted by molar-refractivity contribution is -0.120. The highest BCUT2D eigenvalue weighted by Gasteiger charge is 2.12. The van der Waals surface area contributed by atoms with Crippen molar-refractivity contribution in [3.8, 4) is 5.75 Å². The van der Waals surface area contributed by atoms with Crippen LogP contribution in [0.4, 0.5) is 0 Å². The van der Waals surface area contributed by atoms with Crippen LogP contribution >= 0.6 is 0 Å². The lowest BCUT2D eigenvalue weighted by Gasteiger charge is -2.14. The molecular weight excluding hydrogens is 398 g/mol. The monoisotopic (exact) mass is 427 g/mol. The molecule has 5 heteroatoms. The van der Waals surface area contributed by atoms with Crippen LogP contribution in [0.5, 0.6) is 5.75 Å². The fourth-order valence-corrected chi connectivity index (χ4v) is 3.99. The summed E-state index contributed by atoms with van der Waals surface area (Å²) in [5.74, 6) is 1.93. The Morgan fingerprint density at radius 3 is 2.44 bits per heavy atom. The first-order chi connectivity index (χ1) is 15.6. The predicted octanol–water partition coefficient (Wildman–Crippen LogP) is 4.63. The van der Waals surface area contributed by atoms with Gasteiger partial charge in [0.05, 0.1) is 24.0 Å². The first kappa shape index (κ1) is 21.6. The van der Waals surface area contributed by atoms with E-state index < -0.39 is 0 Å². The molecule has 1 amide bonds. The molecule has 4 aromatic rings. The number of hydrogen-bond acceptors (Lipinski definition) is 3. The Labute approximate surface area is 189 Å². The molecule has 4 rings (SSSR count). The van der Waals surface area contributed by atoms with E-state index in [-0.39, 0.29) is 5.91 Å². The first-order valence-corrected chi connectivity index (χ1v) is 11.1. The number of amides is 1. The van der Waals surface area contributed by atoms with Gasteiger partial charge in [-0.3, -0.25) is 4.79 Å². The second-order valence-corrected chi connectivity index (χ2v) is 8.00. The van der Waals surface area contributed by atoms with Gasteiger partial charge in [-0.05, 0) is 42.7 Å². The van der Waals surface area contributed by atoms with Gasteiger partial charge in [0.15, 0.2) is 0 Å². The zero-order valence-electron chi connectivity index (χ0n) is 18.7. The Bertz CT molecular complexity index is 1180. The van der Waals surface area contributed by atoms with Crippen LogP contribution in [-0.4, -0.2) is 28.6 Å². The van der Waals surface area contributed by atoms with Gasteiger partial charge < -0.3 is 14.6 Å².